The van der Waals surface area contributed by atoms with Crippen molar-refractivity contribution in [3.63, 3.8) is 0 Å². The molecule has 180 valence electrons. The lowest BCUT2D eigenvalue weighted by Gasteiger charge is -2.28. The van der Waals surface area contributed by atoms with E-state index < -0.39 is 6.10 Å². The molecule has 0 spiro atoms. The van der Waals surface area contributed by atoms with E-state index in [0.717, 1.165) is 37.9 Å². The fraction of sp³-hybridized carbons (Fsp3) is 0.458. The fourth-order valence-corrected chi connectivity index (χ4v) is 5.64. The summed E-state index contributed by atoms with van der Waals surface area (Å²) in [7, 11) is 0. The number of nitrogens with one attached hydrogen (secondary N) is 2. The summed E-state index contributed by atoms with van der Waals surface area (Å²) < 4.78 is 13.3. The Morgan fingerprint density at radius 2 is 1.91 bits per heavy atom. The van der Waals surface area contributed by atoms with Crippen LogP contribution >= 0.6 is 11.3 Å². The molecule has 4 N–H and O–H groups in total. The van der Waals surface area contributed by atoms with E-state index >= 15 is 0 Å². The van der Waals surface area contributed by atoms with Gasteiger partial charge in [-0.3, -0.25) is 9.78 Å². The van der Waals surface area contributed by atoms with E-state index in [0.29, 0.717) is 40.9 Å². The maximum Gasteiger partial charge on any atom is 0.264 e. The summed E-state index contributed by atoms with van der Waals surface area (Å²) in [4.78, 5) is 27.8. The smallest absolute Gasteiger partial charge is 0.264 e. The van der Waals surface area contributed by atoms with Gasteiger partial charge in [0.25, 0.3) is 5.56 Å². The second kappa shape index (κ2) is 9.81. The summed E-state index contributed by atoms with van der Waals surface area (Å²) in [6.07, 6.45) is 3.72. The minimum Gasteiger partial charge on any atom is -0.396 e. The zero-order valence-electron chi connectivity index (χ0n) is 18.7. The summed E-state index contributed by atoms with van der Waals surface area (Å²) in [6, 6.07) is 5.96. The lowest BCUT2D eigenvalue weighted by atomic mass is 10.1. The van der Waals surface area contributed by atoms with Gasteiger partial charge in [-0.05, 0) is 56.4 Å². The van der Waals surface area contributed by atoms with Gasteiger partial charge < -0.3 is 20.4 Å². The molecule has 10 heteroatoms. The fourth-order valence-electron chi connectivity index (χ4n) is 4.77. The number of thiazole rings is 1. The molecule has 2 fully saturated rings. The van der Waals surface area contributed by atoms with E-state index in [9.17, 15) is 19.4 Å². The summed E-state index contributed by atoms with van der Waals surface area (Å²) in [6.45, 7) is 1.59. The van der Waals surface area contributed by atoms with Gasteiger partial charge in [0.15, 0.2) is 0 Å². The number of anilines is 2. The lowest BCUT2D eigenvalue weighted by molar-refractivity contribution is 0.0908. The Morgan fingerprint density at radius 1 is 1.15 bits per heavy atom. The van der Waals surface area contributed by atoms with Crippen LogP contribution < -0.4 is 15.8 Å². The zero-order chi connectivity index (χ0) is 23.7. The van der Waals surface area contributed by atoms with Gasteiger partial charge in [-0.1, -0.05) is 0 Å². The third-order valence-electron chi connectivity index (χ3n) is 6.65. The van der Waals surface area contributed by atoms with Gasteiger partial charge in [-0.2, -0.15) is 4.98 Å². The van der Waals surface area contributed by atoms with Crippen LogP contribution in [0.2, 0.25) is 0 Å². The molecule has 5 rings (SSSR count). The molecule has 1 aliphatic carbocycles. The number of aliphatic hydroxyl groups is 2. The molecule has 1 saturated carbocycles. The number of aromatic amines is 1. The highest BCUT2D eigenvalue weighted by Crippen LogP contribution is 2.34. The van der Waals surface area contributed by atoms with Crippen molar-refractivity contribution < 1.29 is 14.6 Å². The number of hydrogen-bond acceptors (Lipinski definition) is 8. The van der Waals surface area contributed by atoms with E-state index in [4.69, 9.17) is 4.98 Å². The molecule has 2 aromatic heterocycles. The molecular weight excluding hydrogens is 457 g/mol. The van der Waals surface area contributed by atoms with Gasteiger partial charge in [0.1, 0.15) is 22.2 Å². The Labute approximate surface area is 200 Å². The van der Waals surface area contributed by atoms with Gasteiger partial charge in [-0.25, -0.2) is 9.37 Å². The summed E-state index contributed by atoms with van der Waals surface area (Å²) in [5.74, 6) is 0.442. The van der Waals surface area contributed by atoms with Crippen molar-refractivity contribution in [3.05, 3.63) is 45.8 Å². The standard InChI is InChI=1S/C24H28FN5O3S/c25-16-6-4-14(5-7-16)18-13-34-23(27-18)20-21(26-17-10-15(12-31)19(32)11-17)28-24(29-22(20)33)30-8-2-1-3-9-30/h4-7,13,15,17,19,31-32H,1-3,8-12H2,(H2,26,28,29,33). The van der Waals surface area contributed by atoms with Crippen LogP contribution in [0.3, 0.4) is 0 Å². The highest BCUT2D eigenvalue weighted by Gasteiger charge is 2.33. The third kappa shape index (κ3) is 4.70. The normalized spacial score (nSPS) is 22.8. The van der Waals surface area contributed by atoms with Crippen molar-refractivity contribution in [3.8, 4) is 21.8 Å². The molecule has 0 bridgehead atoms. The molecule has 3 heterocycles. The minimum absolute atomic E-state index is 0.0818. The average molecular weight is 486 g/mol. The molecule has 1 saturated heterocycles. The van der Waals surface area contributed by atoms with Crippen LogP contribution in [-0.4, -0.2) is 57.0 Å². The first-order valence-electron chi connectivity index (χ1n) is 11.7. The zero-order valence-corrected chi connectivity index (χ0v) is 19.5. The van der Waals surface area contributed by atoms with Crippen molar-refractivity contribution >= 4 is 23.1 Å². The molecular formula is C24H28FN5O3S. The number of aliphatic hydroxyl groups excluding tert-OH is 2. The van der Waals surface area contributed by atoms with Crippen molar-refractivity contribution in [2.45, 2.75) is 44.2 Å². The summed E-state index contributed by atoms with van der Waals surface area (Å²) in [5.41, 5.74) is 1.48. The largest absolute Gasteiger partial charge is 0.396 e. The van der Waals surface area contributed by atoms with Crippen molar-refractivity contribution in [2.24, 2.45) is 5.92 Å². The Kier molecular flexibility index (Phi) is 6.62. The van der Waals surface area contributed by atoms with E-state index in [2.05, 4.69) is 20.2 Å². The number of piperidine rings is 1. The van der Waals surface area contributed by atoms with Crippen molar-refractivity contribution in [1.82, 2.24) is 15.0 Å². The Hall–Kier alpha value is -2.82. The highest BCUT2D eigenvalue weighted by atomic mass is 32.1. The molecule has 1 aliphatic heterocycles. The molecule has 3 aromatic rings. The second-order valence-electron chi connectivity index (χ2n) is 9.03. The number of aromatic nitrogens is 3. The molecule has 34 heavy (non-hydrogen) atoms. The number of rotatable bonds is 6. The van der Waals surface area contributed by atoms with Crippen LogP contribution in [-0.2, 0) is 0 Å². The third-order valence-corrected chi connectivity index (χ3v) is 7.51. The summed E-state index contributed by atoms with van der Waals surface area (Å²) in [5, 5.41) is 25.5. The Balaban J connectivity index is 1.51. The van der Waals surface area contributed by atoms with E-state index in [1.807, 2.05) is 5.38 Å². The minimum atomic E-state index is -0.598. The van der Waals surface area contributed by atoms with Crippen LogP contribution in [0.15, 0.2) is 34.4 Å². The lowest BCUT2D eigenvalue weighted by Crippen LogP contribution is -2.33. The molecule has 1 aromatic carbocycles. The second-order valence-corrected chi connectivity index (χ2v) is 9.89. The number of H-pyrrole nitrogens is 1. The first kappa shape index (κ1) is 22.9. The monoisotopic (exact) mass is 485 g/mol. The number of hydrogen-bond donors (Lipinski definition) is 4. The summed E-state index contributed by atoms with van der Waals surface area (Å²) >= 11 is 1.33. The number of benzene rings is 1. The van der Waals surface area contributed by atoms with Crippen molar-refractivity contribution in [2.75, 3.05) is 29.9 Å². The van der Waals surface area contributed by atoms with Crippen LogP contribution in [0.5, 0.6) is 0 Å². The number of nitrogens with zero attached hydrogens (tertiary/aromatic N) is 3. The van der Waals surface area contributed by atoms with Gasteiger partial charge in [0.05, 0.1) is 11.8 Å². The van der Waals surface area contributed by atoms with Crippen LogP contribution in [0.1, 0.15) is 32.1 Å². The predicted molar refractivity (Wildman–Crippen MR) is 131 cm³/mol. The molecule has 2 aliphatic rings. The van der Waals surface area contributed by atoms with E-state index in [1.165, 1.54) is 23.5 Å². The van der Waals surface area contributed by atoms with Gasteiger partial charge in [0, 0.05) is 42.6 Å². The van der Waals surface area contributed by atoms with Gasteiger partial charge in [0.2, 0.25) is 5.95 Å². The first-order valence-corrected chi connectivity index (χ1v) is 12.6. The molecule has 0 amide bonds. The van der Waals surface area contributed by atoms with Crippen LogP contribution in [0, 0.1) is 11.7 Å². The van der Waals surface area contributed by atoms with Crippen LogP contribution in [0.25, 0.3) is 21.8 Å². The number of halogens is 1. The van der Waals surface area contributed by atoms with E-state index in [1.54, 1.807) is 12.1 Å². The maximum atomic E-state index is 13.3. The Morgan fingerprint density at radius 3 is 2.62 bits per heavy atom. The molecule has 8 nitrogen and oxygen atoms in total. The molecule has 3 unspecified atom stereocenters. The highest BCUT2D eigenvalue weighted by molar-refractivity contribution is 7.13. The average Bonchev–Trinajstić information content (AvgIpc) is 3.46. The first-order chi connectivity index (χ1) is 16.5. The van der Waals surface area contributed by atoms with Crippen molar-refractivity contribution in [1.29, 1.82) is 0 Å². The SMILES string of the molecule is O=c1[nH]c(N2CCCCC2)nc(NC2CC(O)C(CO)C2)c1-c1nc(-c2ccc(F)cc2)cs1. The maximum absolute atomic E-state index is 13.3. The quantitative estimate of drug-likeness (QED) is 0.424. The molecule has 3 atom stereocenters. The molecule has 0 radical (unpaired) electrons. The topological polar surface area (TPSA) is 114 Å². The van der Waals surface area contributed by atoms with E-state index in [-0.39, 0.29) is 29.9 Å². The predicted octanol–water partition coefficient (Wildman–Crippen LogP) is 3.23. The van der Waals surface area contributed by atoms with Crippen LogP contribution in [0.4, 0.5) is 16.2 Å². The Bertz CT molecular complexity index is 1190. The van der Waals surface area contributed by atoms with Gasteiger partial charge >= 0.3 is 0 Å². The van der Waals surface area contributed by atoms with Gasteiger partial charge in [-0.15, -0.1) is 11.3 Å².